The van der Waals surface area contributed by atoms with E-state index in [1.54, 1.807) is 11.0 Å². The number of aromatic nitrogens is 2. The number of hydrogen-bond acceptors (Lipinski definition) is 6. The largest absolute Gasteiger partial charge is 0.495 e. The van der Waals surface area contributed by atoms with E-state index in [0.717, 1.165) is 0 Å². The van der Waals surface area contributed by atoms with Crippen molar-refractivity contribution in [3.63, 3.8) is 0 Å². The molecule has 1 aromatic carbocycles. The summed E-state index contributed by atoms with van der Waals surface area (Å²) in [5, 5.41) is 0.435. The van der Waals surface area contributed by atoms with Crippen molar-refractivity contribution < 1.29 is 18.7 Å². The minimum atomic E-state index is -0.574. The molecule has 2 aromatic rings. The number of nitrogens with zero attached hydrogens (tertiary/aromatic N) is 4. The van der Waals surface area contributed by atoms with Crippen LogP contribution in [0, 0.1) is 5.82 Å². The number of piperazine rings is 1. The van der Waals surface area contributed by atoms with Gasteiger partial charge in [0.25, 0.3) is 0 Å². The highest BCUT2D eigenvalue weighted by atomic mass is 79.9. The second kappa shape index (κ2) is 8.34. The number of anilines is 1. The summed E-state index contributed by atoms with van der Waals surface area (Å²) >= 11 is 9.33. The first-order valence-corrected chi connectivity index (χ1v) is 10.8. The normalized spacial score (nSPS) is 19.9. The summed E-state index contributed by atoms with van der Waals surface area (Å²) in [6.45, 7) is 10.3. The molecule has 1 fully saturated rings. The highest BCUT2D eigenvalue weighted by molar-refractivity contribution is 9.10. The van der Waals surface area contributed by atoms with Gasteiger partial charge in [0.1, 0.15) is 22.7 Å². The van der Waals surface area contributed by atoms with Gasteiger partial charge >= 0.3 is 6.09 Å². The zero-order valence-electron chi connectivity index (χ0n) is 17.8. The van der Waals surface area contributed by atoms with Gasteiger partial charge < -0.3 is 19.3 Å². The van der Waals surface area contributed by atoms with Gasteiger partial charge in [-0.2, -0.15) is 4.98 Å². The van der Waals surface area contributed by atoms with Gasteiger partial charge in [0.15, 0.2) is 5.82 Å². The third-order valence-electron chi connectivity index (χ3n) is 4.90. The first-order chi connectivity index (χ1) is 13.9. The van der Waals surface area contributed by atoms with E-state index >= 15 is 0 Å². The van der Waals surface area contributed by atoms with Crippen molar-refractivity contribution in [3.05, 3.63) is 21.6 Å². The van der Waals surface area contributed by atoms with Crippen LogP contribution in [0.1, 0.15) is 34.6 Å². The van der Waals surface area contributed by atoms with E-state index in [-0.39, 0.29) is 33.4 Å². The maximum atomic E-state index is 14.9. The molecule has 0 saturated carbocycles. The second-order valence-electron chi connectivity index (χ2n) is 8.40. The average Bonchev–Trinajstić information content (AvgIpc) is 2.64. The Morgan fingerprint density at radius 1 is 1.27 bits per heavy atom. The van der Waals surface area contributed by atoms with Gasteiger partial charge in [-0.05, 0) is 68.2 Å². The van der Waals surface area contributed by atoms with Gasteiger partial charge in [-0.1, -0.05) is 0 Å². The number of carbonyl (C=O) groups excluding carboxylic acids is 1. The van der Waals surface area contributed by atoms with E-state index < -0.39 is 11.4 Å². The minimum Gasteiger partial charge on any atom is -0.495 e. The maximum Gasteiger partial charge on any atom is 0.410 e. The minimum absolute atomic E-state index is 0.0529. The molecule has 10 heteroatoms. The van der Waals surface area contributed by atoms with Gasteiger partial charge in [-0.15, -0.1) is 0 Å². The lowest BCUT2D eigenvalue weighted by Gasteiger charge is -2.44. The number of fused-ring (bicyclic) bond motifs is 1. The number of hydrogen-bond donors (Lipinski definition) is 0. The molecule has 1 aliphatic rings. The smallest absolute Gasteiger partial charge is 0.410 e. The monoisotopic (exact) mass is 502 g/mol. The highest BCUT2D eigenvalue weighted by Crippen LogP contribution is 2.38. The Labute approximate surface area is 188 Å². The van der Waals surface area contributed by atoms with Crippen molar-refractivity contribution in [2.24, 2.45) is 0 Å². The Kier molecular flexibility index (Phi) is 6.34. The number of carbonyl (C=O) groups is 1. The first-order valence-electron chi connectivity index (χ1n) is 9.58. The van der Waals surface area contributed by atoms with Gasteiger partial charge in [0.05, 0.1) is 11.6 Å². The maximum absolute atomic E-state index is 14.9. The number of benzene rings is 1. The third kappa shape index (κ3) is 4.42. The zero-order valence-corrected chi connectivity index (χ0v) is 20.1. The van der Waals surface area contributed by atoms with Crippen LogP contribution in [-0.2, 0) is 4.74 Å². The average molecular weight is 504 g/mol. The Hall–Kier alpha value is -1.87. The summed E-state index contributed by atoms with van der Waals surface area (Å²) < 4.78 is 25.9. The van der Waals surface area contributed by atoms with Gasteiger partial charge in [-0.25, -0.2) is 14.2 Å². The number of amides is 1. The Morgan fingerprint density at radius 3 is 2.53 bits per heavy atom. The molecule has 0 spiro atoms. The van der Waals surface area contributed by atoms with E-state index in [4.69, 9.17) is 21.1 Å². The molecule has 1 amide bonds. The van der Waals surface area contributed by atoms with Gasteiger partial charge in [0, 0.05) is 30.6 Å². The predicted octanol–water partition coefficient (Wildman–Crippen LogP) is 5.03. The lowest BCUT2D eigenvalue weighted by Crippen LogP contribution is -2.59. The fourth-order valence-electron chi connectivity index (χ4n) is 3.50. The molecule has 7 nitrogen and oxygen atoms in total. The van der Waals surface area contributed by atoms with E-state index in [0.29, 0.717) is 30.0 Å². The third-order valence-corrected chi connectivity index (χ3v) is 5.80. The SMILES string of the molecule is COc1cc2c(N3CC(C)N(C(=O)OC(C)(C)C)CC3C)nc(Cl)nc2c(F)c1Br. The summed E-state index contributed by atoms with van der Waals surface area (Å²) in [6.07, 6.45) is -0.358. The Bertz CT molecular complexity index is 985. The van der Waals surface area contributed by atoms with Crippen LogP contribution in [0.3, 0.4) is 0 Å². The van der Waals surface area contributed by atoms with E-state index in [2.05, 4.69) is 25.9 Å². The molecule has 164 valence electrons. The van der Waals surface area contributed by atoms with Crippen LogP contribution in [0.5, 0.6) is 5.75 Å². The molecule has 2 atom stereocenters. The van der Waals surface area contributed by atoms with Crippen LogP contribution in [0.2, 0.25) is 5.28 Å². The van der Waals surface area contributed by atoms with Crippen LogP contribution in [0.25, 0.3) is 10.9 Å². The van der Waals surface area contributed by atoms with Crippen LogP contribution in [-0.4, -0.2) is 58.8 Å². The first kappa shape index (κ1) is 22.8. The van der Waals surface area contributed by atoms with Crippen molar-refractivity contribution in [2.75, 3.05) is 25.1 Å². The van der Waals surface area contributed by atoms with E-state index in [1.165, 1.54) is 7.11 Å². The fourth-order valence-corrected chi connectivity index (χ4v) is 4.13. The number of methoxy groups -OCH3 is 1. The molecule has 3 rings (SSSR count). The molecule has 30 heavy (non-hydrogen) atoms. The Morgan fingerprint density at radius 2 is 1.93 bits per heavy atom. The molecule has 0 N–H and O–H groups in total. The zero-order chi connectivity index (χ0) is 22.4. The summed E-state index contributed by atoms with van der Waals surface area (Å²) in [7, 11) is 1.46. The molecular formula is C20H25BrClFN4O3. The fraction of sp³-hybridized carbons (Fsp3) is 0.550. The number of halogens is 3. The topological polar surface area (TPSA) is 67.8 Å². The molecule has 1 aromatic heterocycles. The number of rotatable bonds is 2. The molecule has 0 aliphatic carbocycles. The van der Waals surface area contributed by atoms with Crippen molar-refractivity contribution in [1.82, 2.24) is 14.9 Å². The van der Waals surface area contributed by atoms with Crippen molar-refractivity contribution in [1.29, 1.82) is 0 Å². The summed E-state index contributed by atoms with van der Waals surface area (Å²) in [5.41, 5.74) is -0.471. The van der Waals surface area contributed by atoms with Crippen LogP contribution < -0.4 is 9.64 Å². The number of ether oxygens (including phenoxy) is 2. The quantitative estimate of drug-likeness (QED) is 0.536. The molecule has 2 unspecified atom stereocenters. The van der Waals surface area contributed by atoms with Crippen LogP contribution in [0.4, 0.5) is 15.0 Å². The van der Waals surface area contributed by atoms with Gasteiger partial charge in [0.2, 0.25) is 5.28 Å². The lowest BCUT2D eigenvalue weighted by molar-refractivity contribution is 0.0130. The second-order valence-corrected chi connectivity index (χ2v) is 9.53. The van der Waals surface area contributed by atoms with Crippen molar-refractivity contribution >= 4 is 50.3 Å². The molecule has 2 heterocycles. The summed E-state index contributed by atoms with van der Waals surface area (Å²) in [5.74, 6) is 0.265. The molecule has 0 radical (unpaired) electrons. The lowest BCUT2D eigenvalue weighted by atomic mass is 10.1. The van der Waals surface area contributed by atoms with Crippen molar-refractivity contribution in [2.45, 2.75) is 52.3 Å². The molecule has 1 aliphatic heterocycles. The Balaban J connectivity index is 2.01. The predicted molar refractivity (Wildman–Crippen MR) is 118 cm³/mol. The van der Waals surface area contributed by atoms with Crippen molar-refractivity contribution in [3.8, 4) is 5.75 Å². The molecular weight excluding hydrogens is 479 g/mol. The van der Waals surface area contributed by atoms with Crippen LogP contribution >= 0.6 is 27.5 Å². The highest BCUT2D eigenvalue weighted by Gasteiger charge is 2.36. The van der Waals surface area contributed by atoms with E-state index in [1.807, 2.05) is 39.5 Å². The van der Waals surface area contributed by atoms with Gasteiger partial charge in [-0.3, -0.25) is 0 Å². The molecule has 0 bridgehead atoms. The summed E-state index contributed by atoms with van der Waals surface area (Å²) in [4.78, 5) is 24.8. The summed E-state index contributed by atoms with van der Waals surface area (Å²) in [6, 6.07) is 1.42. The van der Waals surface area contributed by atoms with Crippen LogP contribution in [0.15, 0.2) is 10.5 Å². The standard InChI is InChI=1S/C20H25BrClFN4O3/c1-10-9-27(19(28)30-20(3,4)5)11(2)8-26(10)17-12-7-13(29-6)14(21)15(23)16(12)24-18(22)25-17/h7,10-11H,8-9H2,1-6H3. The molecule has 1 saturated heterocycles. The van der Waals surface area contributed by atoms with E-state index in [9.17, 15) is 9.18 Å².